The summed E-state index contributed by atoms with van der Waals surface area (Å²) in [7, 11) is 2.99. The molecular formula is C31H40Cl2N6O5. The van der Waals surface area contributed by atoms with E-state index in [-0.39, 0.29) is 21.7 Å². The van der Waals surface area contributed by atoms with Crippen LogP contribution in [0, 0.1) is 5.92 Å². The molecule has 2 aliphatic rings. The SMILES string of the molecule is COc1cc(OC)c(Cl)c(-c2cc3cnc(NCC4CC4)nc3n(CCCN3CCN(C(=O)OC(C)(C)C)CC3)c2=O)c1Cl. The van der Waals surface area contributed by atoms with Crippen molar-refractivity contribution in [1.29, 1.82) is 0 Å². The molecule has 13 heteroatoms. The number of aromatic nitrogens is 3. The molecule has 1 saturated heterocycles. The number of piperazine rings is 1. The van der Waals surface area contributed by atoms with Gasteiger partial charge in [0.15, 0.2) is 0 Å². The predicted molar refractivity (Wildman–Crippen MR) is 172 cm³/mol. The summed E-state index contributed by atoms with van der Waals surface area (Å²) in [5.41, 5.74) is 0.361. The van der Waals surface area contributed by atoms with E-state index in [2.05, 4.69) is 15.2 Å². The smallest absolute Gasteiger partial charge is 0.410 e. The zero-order valence-corrected chi connectivity index (χ0v) is 27.4. The van der Waals surface area contributed by atoms with Gasteiger partial charge in [0.2, 0.25) is 5.95 Å². The zero-order chi connectivity index (χ0) is 31.6. The largest absolute Gasteiger partial charge is 0.495 e. The first-order chi connectivity index (χ1) is 21.0. The number of amides is 1. The fraction of sp³-hybridized carbons (Fsp3) is 0.548. The summed E-state index contributed by atoms with van der Waals surface area (Å²) in [6.45, 7) is 10.2. The van der Waals surface area contributed by atoms with Crippen LogP contribution in [0.25, 0.3) is 22.2 Å². The van der Waals surface area contributed by atoms with Gasteiger partial charge in [-0.15, -0.1) is 0 Å². The number of carbonyl (C=O) groups is 1. The van der Waals surface area contributed by atoms with Crippen molar-refractivity contribution >= 4 is 46.3 Å². The Morgan fingerprint density at radius 3 is 2.27 bits per heavy atom. The number of methoxy groups -OCH3 is 2. The molecule has 0 spiro atoms. The first-order valence-corrected chi connectivity index (χ1v) is 15.7. The number of benzene rings is 1. The van der Waals surface area contributed by atoms with Crippen LogP contribution in [-0.4, -0.2) is 89.5 Å². The number of fused-ring (bicyclic) bond motifs is 1. The minimum Gasteiger partial charge on any atom is -0.495 e. The molecule has 0 bridgehead atoms. The van der Waals surface area contributed by atoms with Gasteiger partial charge in [-0.2, -0.15) is 4.98 Å². The van der Waals surface area contributed by atoms with Gasteiger partial charge >= 0.3 is 6.09 Å². The number of carbonyl (C=O) groups excluding carboxylic acids is 1. The molecule has 1 aromatic carbocycles. The molecule has 11 nitrogen and oxygen atoms in total. The van der Waals surface area contributed by atoms with Gasteiger partial charge in [-0.3, -0.25) is 14.3 Å². The van der Waals surface area contributed by atoms with Crippen molar-refractivity contribution in [3.05, 3.63) is 38.7 Å². The van der Waals surface area contributed by atoms with Crippen LogP contribution in [0.2, 0.25) is 10.0 Å². The van der Waals surface area contributed by atoms with Crippen LogP contribution in [0.5, 0.6) is 11.5 Å². The van der Waals surface area contributed by atoms with Crippen molar-refractivity contribution in [2.75, 3.05) is 58.8 Å². The Morgan fingerprint density at radius 1 is 1.02 bits per heavy atom. The van der Waals surface area contributed by atoms with Gasteiger partial charge in [-0.05, 0) is 58.6 Å². The van der Waals surface area contributed by atoms with Crippen LogP contribution in [0.3, 0.4) is 0 Å². The van der Waals surface area contributed by atoms with Crippen molar-refractivity contribution in [1.82, 2.24) is 24.3 Å². The first-order valence-electron chi connectivity index (χ1n) is 14.9. The quantitative estimate of drug-likeness (QED) is 0.303. The third-order valence-electron chi connectivity index (χ3n) is 7.80. The van der Waals surface area contributed by atoms with Crippen LogP contribution in [0.15, 0.2) is 23.1 Å². The monoisotopic (exact) mass is 646 g/mol. The van der Waals surface area contributed by atoms with E-state index >= 15 is 0 Å². The number of hydrogen-bond acceptors (Lipinski definition) is 9. The number of anilines is 1. The topological polar surface area (TPSA) is 111 Å². The van der Waals surface area contributed by atoms with Crippen LogP contribution >= 0.6 is 23.2 Å². The van der Waals surface area contributed by atoms with Crippen LogP contribution in [0.1, 0.15) is 40.0 Å². The molecule has 1 saturated carbocycles. The molecule has 44 heavy (non-hydrogen) atoms. The Bertz CT molecular complexity index is 1550. The molecular weight excluding hydrogens is 607 g/mol. The van der Waals surface area contributed by atoms with E-state index in [9.17, 15) is 9.59 Å². The molecule has 1 aliphatic carbocycles. The maximum atomic E-state index is 14.2. The van der Waals surface area contributed by atoms with Crippen molar-refractivity contribution in [2.24, 2.45) is 5.92 Å². The lowest BCUT2D eigenvalue weighted by atomic mass is 10.0. The lowest BCUT2D eigenvalue weighted by Crippen LogP contribution is -2.50. The van der Waals surface area contributed by atoms with E-state index in [1.165, 1.54) is 27.1 Å². The second kappa shape index (κ2) is 13.4. The highest BCUT2D eigenvalue weighted by atomic mass is 35.5. The molecule has 3 aromatic rings. The number of rotatable bonds is 10. The fourth-order valence-electron chi connectivity index (χ4n) is 5.24. The van der Waals surface area contributed by atoms with Crippen LogP contribution in [0.4, 0.5) is 10.7 Å². The van der Waals surface area contributed by atoms with E-state index in [4.69, 9.17) is 42.4 Å². The summed E-state index contributed by atoms with van der Waals surface area (Å²) in [5, 5.41) is 4.42. The van der Waals surface area contributed by atoms with Crippen molar-refractivity contribution in [3.8, 4) is 22.6 Å². The van der Waals surface area contributed by atoms with Crippen molar-refractivity contribution < 1.29 is 19.0 Å². The maximum Gasteiger partial charge on any atom is 0.410 e. The minimum absolute atomic E-state index is 0.216. The highest BCUT2D eigenvalue weighted by molar-refractivity contribution is 6.41. The highest BCUT2D eigenvalue weighted by Crippen LogP contribution is 2.45. The first kappa shape index (κ1) is 32.1. The van der Waals surface area contributed by atoms with Gasteiger partial charge in [0, 0.05) is 62.5 Å². The molecule has 238 valence electrons. The Balaban J connectivity index is 1.42. The van der Waals surface area contributed by atoms with E-state index in [0.29, 0.717) is 71.6 Å². The van der Waals surface area contributed by atoms with Gasteiger partial charge in [-0.1, -0.05) is 23.2 Å². The number of nitrogens with zero attached hydrogens (tertiary/aromatic N) is 5. The van der Waals surface area contributed by atoms with E-state index in [1.807, 2.05) is 20.8 Å². The van der Waals surface area contributed by atoms with Gasteiger partial charge in [0.05, 0.1) is 29.8 Å². The van der Waals surface area contributed by atoms with Crippen LogP contribution < -0.4 is 20.3 Å². The Hall–Kier alpha value is -3.28. The summed E-state index contributed by atoms with van der Waals surface area (Å²) in [6, 6.07) is 3.32. The van der Waals surface area contributed by atoms with E-state index in [0.717, 1.165) is 26.2 Å². The number of halogens is 2. The number of aryl methyl sites for hydroxylation is 1. The Kier molecular flexibility index (Phi) is 9.77. The van der Waals surface area contributed by atoms with Gasteiger partial charge in [-0.25, -0.2) is 9.78 Å². The molecule has 1 amide bonds. The Morgan fingerprint density at radius 2 is 1.68 bits per heavy atom. The zero-order valence-electron chi connectivity index (χ0n) is 25.9. The average molecular weight is 648 g/mol. The third kappa shape index (κ3) is 7.33. The predicted octanol–water partition coefficient (Wildman–Crippen LogP) is 5.55. The minimum atomic E-state index is -0.528. The van der Waals surface area contributed by atoms with Gasteiger partial charge in [0.1, 0.15) is 22.7 Å². The lowest BCUT2D eigenvalue weighted by molar-refractivity contribution is 0.0144. The summed E-state index contributed by atoms with van der Waals surface area (Å²) >= 11 is 13.5. The standard InChI is InChI=1S/C31H40Cl2N6O5/c1-31(2,3)44-30(41)38-13-11-37(12-14-38)9-6-10-39-27-20(18-35-29(36-27)34-17-19-7-8-19)15-21(28(39)40)24-25(32)22(42-4)16-23(43-5)26(24)33/h15-16,18-19H,6-14,17H2,1-5H3,(H,34,35,36). The molecule has 1 N–H and O–H groups in total. The van der Waals surface area contributed by atoms with Crippen molar-refractivity contribution in [2.45, 2.75) is 52.2 Å². The number of nitrogens with one attached hydrogen (secondary N) is 1. The third-order valence-corrected chi connectivity index (χ3v) is 8.55. The molecule has 0 atom stereocenters. The second-order valence-electron chi connectivity index (χ2n) is 12.3. The molecule has 1 aliphatic heterocycles. The molecule has 2 fully saturated rings. The lowest BCUT2D eigenvalue weighted by Gasteiger charge is -2.35. The summed E-state index contributed by atoms with van der Waals surface area (Å²) in [6.07, 6.45) is 4.51. The van der Waals surface area contributed by atoms with Crippen molar-refractivity contribution in [3.63, 3.8) is 0 Å². The summed E-state index contributed by atoms with van der Waals surface area (Å²) in [4.78, 5) is 40.0. The average Bonchev–Trinajstić information content (AvgIpc) is 3.82. The number of ether oxygens (including phenoxy) is 3. The summed E-state index contributed by atoms with van der Waals surface area (Å²) in [5.74, 6) is 1.82. The normalized spacial score (nSPS) is 15.8. The molecule has 0 unspecified atom stereocenters. The number of hydrogen-bond donors (Lipinski definition) is 1. The van der Waals surface area contributed by atoms with Crippen LogP contribution in [-0.2, 0) is 11.3 Å². The molecule has 2 aromatic heterocycles. The molecule has 5 rings (SSSR count). The fourth-order valence-corrected chi connectivity index (χ4v) is 5.95. The molecule has 3 heterocycles. The van der Waals surface area contributed by atoms with Gasteiger partial charge in [0.25, 0.3) is 5.56 Å². The second-order valence-corrected chi connectivity index (χ2v) is 13.0. The van der Waals surface area contributed by atoms with Gasteiger partial charge < -0.3 is 24.4 Å². The molecule has 0 radical (unpaired) electrons. The maximum absolute atomic E-state index is 14.2. The van der Waals surface area contributed by atoms with E-state index in [1.54, 1.807) is 27.8 Å². The summed E-state index contributed by atoms with van der Waals surface area (Å²) < 4.78 is 18.1. The highest BCUT2D eigenvalue weighted by Gasteiger charge is 2.27. The number of pyridine rings is 1. The Labute approximate surface area is 267 Å². The van der Waals surface area contributed by atoms with E-state index < -0.39 is 5.60 Å².